The summed E-state index contributed by atoms with van der Waals surface area (Å²) in [5, 5.41) is 9.64. The minimum atomic E-state index is -4.63. The van der Waals surface area contributed by atoms with E-state index in [4.69, 9.17) is 0 Å². The van der Waals surface area contributed by atoms with Gasteiger partial charge in [0.25, 0.3) is 0 Å². The van der Waals surface area contributed by atoms with E-state index in [2.05, 4.69) is 11.8 Å². The molecule has 8 heteroatoms. The fourth-order valence-corrected chi connectivity index (χ4v) is 7.04. The number of hydrogen-bond acceptors (Lipinski definition) is 3. The topological polar surface area (TPSA) is 60.9 Å². The van der Waals surface area contributed by atoms with Gasteiger partial charge >= 0.3 is 12.1 Å². The number of amides is 1. The molecule has 1 aromatic carbocycles. The number of carbonyl (C=O) groups excluding carboxylic acids is 1. The highest BCUT2D eigenvalue weighted by molar-refractivity contribution is 5.91. The van der Waals surface area contributed by atoms with Crippen LogP contribution in [0.15, 0.2) is 12.1 Å². The molecule has 0 radical (unpaired) electrons. The Bertz CT molecular complexity index is 970. The number of carbonyl (C=O) groups is 2. The lowest BCUT2D eigenvalue weighted by molar-refractivity contribution is -0.138. The second kappa shape index (κ2) is 8.00. The van der Waals surface area contributed by atoms with E-state index in [0.717, 1.165) is 44.5 Å². The lowest BCUT2D eigenvalue weighted by atomic mass is 9.73. The normalized spacial score (nSPS) is 32.7. The number of halogens is 3. The van der Waals surface area contributed by atoms with Gasteiger partial charge in [-0.2, -0.15) is 13.2 Å². The molecule has 3 heterocycles. The van der Waals surface area contributed by atoms with Crippen LogP contribution in [0.3, 0.4) is 0 Å². The summed E-state index contributed by atoms with van der Waals surface area (Å²) in [5.41, 5.74) is -0.962. The standard InChI is InChI=1S/C25H31F3N2O3/c1-15-21-12-19-16(10-17(25(26,27)28)11-20(19)22(31)32)14-30(21)23(33)24(15)7-6-18(13-24)29-8-4-2-3-5-9-29/h10-11,15,18,21H,2-9,12-14H2,1H3,(H,31,32)/t15?,18-,21?,24+/m1/s1. The number of nitrogens with zero attached hydrogens (tertiary/aromatic N) is 2. The van der Waals surface area contributed by atoms with Gasteiger partial charge in [-0.05, 0) is 80.8 Å². The van der Waals surface area contributed by atoms with Gasteiger partial charge in [0.2, 0.25) is 5.91 Å². The van der Waals surface area contributed by atoms with Crippen LogP contribution in [0.2, 0.25) is 0 Å². The lowest BCUT2D eigenvalue weighted by Crippen LogP contribution is -2.41. The molecule has 4 atom stereocenters. The fraction of sp³-hybridized carbons (Fsp3) is 0.680. The number of alkyl halides is 3. The molecule has 180 valence electrons. The Morgan fingerprint density at radius 3 is 2.48 bits per heavy atom. The van der Waals surface area contributed by atoms with Crippen LogP contribution in [0.5, 0.6) is 0 Å². The highest BCUT2D eigenvalue weighted by atomic mass is 19.4. The first-order valence-electron chi connectivity index (χ1n) is 12.1. The fourth-order valence-electron chi connectivity index (χ4n) is 7.04. The van der Waals surface area contributed by atoms with Crippen molar-refractivity contribution in [1.29, 1.82) is 0 Å². The van der Waals surface area contributed by atoms with Crippen LogP contribution in [-0.2, 0) is 23.9 Å². The molecule has 2 unspecified atom stereocenters. The maximum absolute atomic E-state index is 13.7. The molecule has 3 aliphatic heterocycles. The van der Waals surface area contributed by atoms with Crippen LogP contribution in [0.1, 0.15) is 78.9 Å². The Kier molecular flexibility index (Phi) is 5.50. The van der Waals surface area contributed by atoms with Crippen molar-refractivity contribution in [2.75, 3.05) is 13.1 Å². The number of fused-ring (bicyclic) bond motifs is 2. The molecule has 3 fully saturated rings. The van der Waals surface area contributed by atoms with E-state index in [0.29, 0.717) is 23.6 Å². The second-order valence-electron chi connectivity index (χ2n) is 10.5. The molecule has 5 rings (SSSR count). The van der Waals surface area contributed by atoms with Gasteiger partial charge in [0, 0.05) is 18.6 Å². The highest BCUT2D eigenvalue weighted by Gasteiger charge is 2.61. The Hall–Kier alpha value is -2.09. The summed E-state index contributed by atoms with van der Waals surface area (Å²) >= 11 is 0. The molecule has 1 saturated carbocycles. The molecular weight excluding hydrogens is 433 g/mol. The summed E-state index contributed by atoms with van der Waals surface area (Å²) < 4.78 is 40.3. The second-order valence-corrected chi connectivity index (χ2v) is 10.5. The summed E-state index contributed by atoms with van der Waals surface area (Å²) in [6, 6.07) is 2.00. The Morgan fingerprint density at radius 2 is 1.85 bits per heavy atom. The first kappa shape index (κ1) is 22.7. The van der Waals surface area contributed by atoms with Crippen molar-refractivity contribution < 1.29 is 27.9 Å². The quantitative estimate of drug-likeness (QED) is 0.688. The summed E-state index contributed by atoms with van der Waals surface area (Å²) in [7, 11) is 0. The van der Waals surface area contributed by atoms with Gasteiger partial charge in [0.05, 0.1) is 16.5 Å². The number of rotatable bonds is 2. The Morgan fingerprint density at radius 1 is 1.15 bits per heavy atom. The monoisotopic (exact) mass is 464 g/mol. The van der Waals surface area contributed by atoms with Gasteiger partial charge in [-0.1, -0.05) is 19.8 Å². The molecule has 33 heavy (non-hydrogen) atoms. The van der Waals surface area contributed by atoms with Crippen LogP contribution in [0.25, 0.3) is 0 Å². The molecule has 0 aromatic heterocycles. The summed E-state index contributed by atoms with van der Waals surface area (Å²) in [6.07, 6.45) is 3.14. The largest absolute Gasteiger partial charge is 0.478 e. The minimum absolute atomic E-state index is 0.0408. The van der Waals surface area contributed by atoms with Crippen molar-refractivity contribution >= 4 is 11.9 Å². The average molecular weight is 465 g/mol. The number of carboxylic acid groups (broad SMARTS) is 1. The third kappa shape index (κ3) is 3.65. The maximum Gasteiger partial charge on any atom is 0.416 e. The van der Waals surface area contributed by atoms with Crippen molar-refractivity contribution in [1.82, 2.24) is 9.80 Å². The van der Waals surface area contributed by atoms with E-state index in [9.17, 15) is 27.9 Å². The molecular formula is C25H31F3N2O3. The molecule has 1 aromatic rings. The first-order valence-corrected chi connectivity index (χ1v) is 12.1. The molecule has 1 N–H and O–H groups in total. The SMILES string of the molecule is CC1C2Cc3c(cc(C(F)(F)F)cc3C(=O)O)CN2C(=O)[C@]12CC[C@@H](N1CCCCCC1)C2. The third-order valence-corrected chi connectivity index (χ3v) is 8.87. The van der Waals surface area contributed by atoms with Gasteiger partial charge < -0.3 is 14.9 Å². The number of aromatic carboxylic acids is 1. The van der Waals surface area contributed by atoms with Gasteiger partial charge in [-0.3, -0.25) is 4.79 Å². The molecule has 4 aliphatic rings. The number of carboxylic acids is 1. The van der Waals surface area contributed by atoms with Crippen LogP contribution in [-0.4, -0.2) is 52.0 Å². The Balaban J connectivity index is 1.44. The van der Waals surface area contributed by atoms with Gasteiger partial charge in [0.1, 0.15) is 0 Å². The van der Waals surface area contributed by atoms with Crippen LogP contribution >= 0.6 is 0 Å². The van der Waals surface area contributed by atoms with Crippen molar-refractivity contribution in [3.8, 4) is 0 Å². The van der Waals surface area contributed by atoms with E-state index in [1.165, 1.54) is 25.7 Å². The van der Waals surface area contributed by atoms with E-state index in [-0.39, 0.29) is 30.0 Å². The molecule has 0 bridgehead atoms. The molecule has 1 aliphatic carbocycles. The summed E-state index contributed by atoms with van der Waals surface area (Å²) in [6.45, 7) is 4.29. The smallest absolute Gasteiger partial charge is 0.416 e. The van der Waals surface area contributed by atoms with Crippen molar-refractivity contribution in [3.05, 3.63) is 34.4 Å². The van der Waals surface area contributed by atoms with Gasteiger partial charge in [0.15, 0.2) is 0 Å². The molecule has 1 amide bonds. The summed E-state index contributed by atoms with van der Waals surface area (Å²) in [5.74, 6) is -1.25. The van der Waals surface area contributed by atoms with Crippen LogP contribution < -0.4 is 0 Å². The predicted molar refractivity (Wildman–Crippen MR) is 116 cm³/mol. The van der Waals surface area contributed by atoms with E-state index < -0.39 is 23.1 Å². The Labute approximate surface area is 191 Å². The van der Waals surface area contributed by atoms with Crippen molar-refractivity contribution in [3.63, 3.8) is 0 Å². The number of benzene rings is 1. The van der Waals surface area contributed by atoms with E-state index in [1.54, 1.807) is 4.90 Å². The zero-order chi connectivity index (χ0) is 23.5. The molecule has 5 nitrogen and oxygen atoms in total. The van der Waals surface area contributed by atoms with Crippen molar-refractivity contribution in [2.45, 2.75) is 83.1 Å². The average Bonchev–Trinajstić information content (AvgIpc) is 3.14. The van der Waals surface area contributed by atoms with Gasteiger partial charge in [-0.25, -0.2) is 4.79 Å². The highest BCUT2D eigenvalue weighted by Crippen LogP contribution is 2.55. The van der Waals surface area contributed by atoms with Gasteiger partial charge in [-0.15, -0.1) is 0 Å². The first-order chi connectivity index (χ1) is 15.6. The minimum Gasteiger partial charge on any atom is -0.478 e. The van der Waals surface area contributed by atoms with Crippen LogP contribution in [0.4, 0.5) is 13.2 Å². The van der Waals surface area contributed by atoms with E-state index in [1.807, 2.05) is 0 Å². The molecule has 1 spiro atoms. The lowest BCUT2D eigenvalue weighted by Gasteiger charge is -2.34. The maximum atomic E-state index is 13.7. The molecule has 2 saturated heterocycles. The van der Waals surface area contributed by atoms with E-state index >= 15 is 0 Å². The summed E-state index contributed by atoms with van der Waals surface area (Å²) in [4.78, 5) is 29.9. The predicted octanol–water partition coefficient (Wildman–Crippen LogP) is 4.72. The number of likely N-dealkylation sites (tertiary alicyclic amines) is 1. The zero-order valence-electron chi connectivity index (χ0n) is 19.0. The number of hydrogen-bond donors (Lipinski definition) is 1. The third-order valence-electron chi connectivity index (χ3n) is 8.87. The van der Waals surface area contributed by atoms with Crippen LogP contribution in [0, 0.1) is 11.3 Å². The zero-order valence-corrected chi connectivity index (χ0v) is 19.0. The van der Waals surface area contributed by atoms with Crippen molar-refractivity contribution in [2.24, 2.45) is 11.3 Å².